The highest BCUT2D eigenvalue weighted by molar-refractivity contribution is 5.84. The van der Waals surface area contributed by atoms with E-state index >= 15 is 0 Å². The van der Waals surface area contributed by atoms with Gasteiger partial charge in [0.15, 0.2) is 0 Å². The summed E-state index contributed by atoms with van der Waals surface area (Å²) in [7, 11) is 1.48. The lowest BCUT2D eigenvalue weighted by Crippen LogP contribution is -2.44. The van der Waals surface area contributed by atoms with Crippen LogP contribution in [0.1, 0.15) is 31.2 Å². The van der Waals surface area contributed by atoms with Gasteiger partial charge in [-0.25, -0.2) is 34.6 Å². The van der Waals surface area contributed by atoms with Gasteiger partial charge in [-0.15, -0.1) is 0 Å². The fraction of sp³-hybridized carbons (Fsp3) is 0.417. The maximum Gasteiger partial charge on any atom is 0.414 e. The fourth-order valence-corrected chi connectivity index (χ4v) is 4.39. The van der Waals surface area contributed by atoms with Gasteiger partial charge < -0.3 is 25.2 Å². The second-order valence-electron chi connectivity index (χ2n) is 8.98. The van der Waals surface area contributed by atoms with Crippen LogP contribution in [-0.2, 0) is 4.74 Å². The van der Waals surface area contributed by atoms with Crippen molar-refractivity contribution in [3.05, 3.63) is 36.5 Å². The van der Waals surface area contributed by atoms with E-state index in [2.05, 4.69) is 46.6 Å². The average molecular weight is 519 g/mol. The lowest BCUT2D eigenvalue weighted by Gasteiger charge is -2.34. The van der Waals surface area contributed by atoms with E-state index in [0.29, 0.717) is 67.4 Å². The highest BCUT2D eigenvalue weighted by Gasteiger charge is 2.32. The third kappa shape index (κ3) is 5.52. The first-order valence-corrected chi connectivity index (χ1v) is 12.1. The van der Waals surface area contributed by atoms with Crippen LogP contribution in [0, 0.1) is 11.3 Å². The van der Waals surface area contributed by atoms with Crippen molar-refractivity contribution in [2.75, 3.05) is 35.9 Å². The summed E-state index contributed by atoms with van der Waals surface area (Å²) in [4.78, 5) is 38.9. The molecular formula is C24H26N10O4. The largest absolute Gasteiger partial charge is 0.467 e. The molecule has 0 spiro atoms. The molecule has 1 aliphatic carbocycles. The molecule has 0 bridgehead atoms. The van der Waals surface area contributed by atoms with Crippen molar-refractivity contribution < 1.29 is 19.4 Å². The second kappa shape index (κ2) is 11.2. The Morgan fingerprint density at radius 2 is 1.66 bits per heavy atom. The molecule has 0 atom stereocenters. The molecule has 14 heteroatoms. The zero-order valence-corrected chi connectivity index (χ0v) is 20.6. The number of aromatic nitrogens is 6. The number of carboxylic acid groups (broad SMARTS) is 1. The van der Waals surface area contributed by atoms with Crippen LogP contribution in [0.4, 0.5) is 22.5 Å². The third-order valence-electron chi connectivity index (χ3n) is 6.49. The Balaban J connectivity index is 1.21. The zero-order valence-electron chi connectivity index (χ0n) is 20.6. The molecule has 1 saturated carbocycles. The highest BCUT2D eigenvalue weighted by Crippen LogP contribution is 2.28. The van der Waals surface area contributed by atoms with Gasteiger partial charge in [0.1, 0.15) is 17.5 Å². The minimum absolute atomic E-state index is 0.0630. The SMILES string of the molecule is COc1ncc(-c2cnc(N(C(=O)O)[C@H]3CC[C@H](Nc4ncc(C#N)c(NC5COC5)n4)CC3)nc2)cn1. The Bertz CT molecular complexity index is 1300. The maximum atomic E-state index is 12.1. The summed E-state index contributed by atoms with van der Waals surface area (Å²) < 4.78 is 10.1. The number of amides is 1. The van der Waals surface area contributed by atoms with E-state index in [4.69, 9.17) is 9.47 Å². The van der Waals surface area contributed by atoms with Crippen LogP contribution in [0.3, 0.4) is 0 Å². The Kier molecular flexibility index (Phi) is 7.36. The van der Waals surface area contributed by atoms with E-state index in [0.717, 1.165) is 0 Å². The van der Waals surface area contributed by atoms with Gasteiger partial charge in [-0.05, 0) is 25.7 Å². The molecule has 1 aliphatic heterocycles. The summed E-state index contributed by atoms with van der Waals surface area (Å²) in [5.41, 5.74) is 1.72. The smallest absolute Gasteiger partial charge is 0.414 e. The fourth-order valence-electron chi connectivity index (χ4n) is 4.39. The molecule has 1 amide bonds. The maximum absolute atomic E-state index is 12.1. The number of anilines is 3. The first kappa shape index (κ1) is 25.0. The zero-order chi connectivity index (χ0) is 26.5. The van der Waals surface area contributed by atoms with Gasteiger partial charge >= 0.3 is 12.1 Å². The van der Waals surface area contributed by atoms with Crippen LogP contribution in [0.15, 0.2) is 31.0 Å². The number of hydrogen-bond donors (Lipinski definition) is 3. The van der Waals surface area contributed by atoms with Crippen molar-refractivity contribution in [3.63, 3.8) is 0 Å². The molecule has 2 fully saturated rings. The van der Waals surface area contributed by atoms with Crippen molar-refractivity contribution in [3.8, 4) is 23.2 Å². The Hall–Kier alpha value is -4.64. The summed E-state index contributed by atoms with van der Waals surface area (Å²) in [5, 5.41) is 25.8. The van der Waals surface area contributed by atoms with Crippen LogP contribution in [0.5, 0.6) is 6.01 Å². The quantitative estimate of drug-likeness (QED) is 0.395. The molecule has 3 aromatic heterocycles. The van der Waals surface area contributed by atoms with Gasteiger partial charge in [-0.1, -0.05) is 0 Å². The molecule has 1 saturated heterocycles. The summed E-state index contributed by atoms with van der Waals surface area (Å²) >= 11 is 0. The Labute approximate surface area is 218 Å². The number of nitrogens with one attached hydrogen (secondary N) is 2. The molecule has 14 nitrogen and oxygen atoms in total. The number of carbonyl (C=O) groups is 1. The van der Waals surface area contributed by atoms with Crippen molar-refractivity contribution in [1.29, 1.82) is 5.26 Å². The molecule has 38 heavy (non-hydrogen) atoms. The molecule has 3 aromatic rings. The van der Waals surface area contributed by atoms with E-state index in [1.165, 1.54) is 18.2 Å². The van der Waals surface area contributed by atoms with Crippen LogP contribution in [0.25, 0.3) is 11.1 Å². The first-order valence-electron chi connectivity index (χ1n) is 12.1. The van der Waals surface area contributed by atoms with Gasteiger partial charge in [-0.2, -0.15) is 10.2 Å². The molecule has 4 heterocycles. The summed E-state index contributed by atoms with van der Waals surface area (Å²) in [5.74, 6) is 1.02. The standard InChI is InChI=1S/C24H26N10O4/c1-37-23-29-10-16(11-30-23)15-8-27-22(28-9-15)34(24(35)36)19-4-2-17(3-5-19)32-21-26-7-14(6-25)20(33-21)31-18-12-38-13-18/h7-11,17-19H,2-5,12-13H2,1H3,(H,35,36)(H2,26,31,32,33)/t17-,19-. The number of nitrogens with zero attached hydrogens (tertiary/aromatic N) is 8. The predicted octanol–water partition coefficient (Wildman–Crippen LogP) is 2.32. The van der Waals surface area contributed by atoms with Crippen LogP contribution >= 0.6 is 0 Å². The summed E-state index contributed by atoms with van der Waals surface area (Å²) in [6.45, 7) is 1.15. The molecular weight excluding hydrogens is 492 g/mol. The van der Waals surface area contributed by atoms with Crippen LogP contribution in [-0.4, -0.2) is 79.6 Å². The topological polar surface area (TPSA) is 184 Å². The Morgan fingerprint density at radius 1 is 1.00 bits per heavy atom. The predicted molar refractivity (Wildman–Crippen MR) is 135 cm³/mol. The van der Waals surface area contributed by atoms with E-state index in [9.17, 15) is 15.2 Å². The van der Waals surface area contributed by atoms with E-state index in [-0.39, 0.29) is 30.1 Å². The van der Waals surface area contributed by atoms with Crippen LogP contribution < -0.4 is 20.3 Å². The minimum Gasteiger partial charge on any atom is -0.467 e. The van der Waals surface area contributed by atoms with Gasteiger partial charge in [-0.3, -0.25) is 0 Å². The van der Waals surface area contributed by atoms with Crippen LogP contribution in [0.2, 0.25) is 0 Å². The van der Waals surface area contributed by atoms with E-state index < -0.39 is 6.09 Å². The van der Waals surface area contributed by atoms with Gasteiger partial charge in [0, 0.05) is 48.0 Å². The minimum atomic E-state index is -1.10. The Morgan fingerprint density at radius 3 is 2.21 bits per heavy atom. The molecule has 196 valence electrons. The highest BCUT2D eigenvalue weighted by atomic mass is 16.5. The summed E-state index contributed by atoms with van der Waals surface area (Å²) in [6.07, 6.45) is 9.32. The van der Waals surface area contributed by atoms with Gasteiger partial charge in [0.05, 0.1) is 32.6 Å². The lowest BCUT2D eigenvalue weighted by molar-refractivity contribution is 0.0209. The molecule has 2 aliphatic rings. The molecule has 0 unspecified atom stereocenters. The number of rotatable bonds is 8. The third-order valence-corrected chi connectivity index (χ3v) is 6.49. The van der Waals surface area contributed by atoms with Gasteiger partial charge in [0.2, 0.25) is 11.9 Å². The average Bonchev–Trinajstić information content (AvgIpc) is 2.92. The number of nitriles is 1. The molecule has 0 radical (unpaired) electrons. The normalized spacial score (nSPS) is 19.1. The summed E-state index contributed by atoms with van der Waals surface area (Å²) in [6, 6.07) is 2.28. The van der Waals surface area contributed by atoms with Crippen molar-refractivity contribution in [1.82, 2.24) is 29.9 Å². The first-order chi connectivity index (χ1) is 18.5. The molecule has 0 aromatic carbocycles. The van der Waals surface area contributed by atoms with E-state index in [1.807, 2.05) is 0 Å². The second-order valence-corrected chi connectivity index (χ2v) is 8.98. The van der Waals surface area contributed by atoms with Crippen molar-refractivity contribution in [2.45, 2.75) is 43.8 Å². The monoisotopic (exact) mass is 518 g/mol. The van der Waals surface area contributed by atoms with E-state index in [1.54, 1.807) is 24.8 Å². The van der Waals surface area contributed by atoms with Crippen molar-refractivity contribution >= 4 is 23.8 Å². The number of ether oxygens (including phenoxy) is 2. The number of methoxy groups -OCH3 is 1. The van der Waals surface area contributed by atoms with Crippen molar-refractivity contribution in [2.24, 2.45) is 0 Å². The number of hydrogen-bond acceptors (Lipinski definition) is 12. The molecule has 3 N–H and O–H groups in total. The molecule has 5 rings (SSSR count). The van der Waals surface area contributed by atoms with Gasteiger partial charge in [0.25, 0.3) is 0 Å². The lowest BCUT2D eigenvalue weighted by atomic mass is 9.90.